The second-order valence-corrected chi connectivity index (χ2v) is 7.20. The van der Waals surface area contributed by atoms with Crippen molar-refractivity contribution in [3.8, 4) is 0 Å². The lowest BCUT2D eigenvalue weighted by atomic mass is 10.0. The Morgan fingerprint density at radius 1 is 0.963 bits per heavy atom. The Kier molecular flexibility index (Phi) is 4.75. The first kappa shape index (κ1) is 17.5. The fourth-order valence-electron chi connectivity index (χ4n) is 3.77. The van der Waals surface area contributed by atoms with Gasteiger partial charge in [-0.05, 0) is 43.4 Å². The molecule has 1 fully saturated rings. The largest absolute Gasteiger partial charge is 0.366 e. The molecule has 0 saturated carbocycles. The van der Waals surface area contributed by atoms with Crippen molar-refractivity contribution < 1.29 is 9.59 Å². The SMILES string of the molecule is Cc1ccc(C2=C(N3CCCCC3)C(=O)N(Cc3cccnc3)C2=O)cc1. The quantitative estimate of drug-likeness (QED) is 0.785. The van der Waals surface area contributed by atoms with Gasteiger partial charge < -0.3 is 4.90 Å². The molecule has 2 aliphatic rings. The summed E-state index contributed by atoms with van der Waals surface area (Å²) in [5, 5.41) is 0. The maximum absolute atomic E-state index is 13.3. The van der Waals surface area contributed by atoms with Crippen LogP contribution in [0.4, 0.5) is 0 Å². The van der Waals surface area contributed by atoms with Crippen molar-refractivity contribution in [2.75, 3.05) is 13.1 Å². The van der Waals surface area contributed by atoms with Gasteiger partial charge in [-0.15, -0.1) is 0 Å². The summed E-state index contributed by atoms with van der Waals surface area (Å²) in [6, 6.07) is 11.5. The van der Waals surface area contributed by atoms with Gasteiger partial charge in [0, 0.05) is 25.5 Å². The second-order valence-electron chi connectivity index (χ2n) is 7.20. The number of amides is 2. The molecule has 1 aromatic carbocycles. The van der Waals surface area contributed by atoms with E-state index < -0.39 is 0 Å². The van der Waals surface area contributed by atoms with Crippen LogP contribution in [0.3, 0.4) is 0 Å². The molecule has 138 valence electrons. The number of piperidine rings is 1. The van der Waals surface area contributed by atoms with Gasteiger partial charge in [0.25, 0.3) is 11.8 Å². The van der Waals surface area contributed by atoms with Crippen molar-refractivity contribution in [3.63, 3.8) is 0 Å². The summed E-state index contributed by atoms with van der Waals surface area (Å²) in [5.41, 5.74) is 3.89. The monoisotopic (exact) mass is 361 g/mol. The van der Waals surface area contributed by atoms with Crippen LogP contribution in [0.1, 0.15) is 36.0 Å². The molecule has 2 aliphatic heterocycles. The van der Waals surface area contributed by atoms with Crippen LogP contribution in [0.25, 0.3) is 5.57 Å². The third-order valence-electron chi connectivity index (χ3n) is 5.22. The molecule has 0 aliphatic carbocycles. The zero-order valence-corrected chi connectivity index (χ0v) is 15.5. The number of pyridine rings is 1. The van der Waals surface area contributed by atoms with Gasteiger partial charge in [-0.2, -0.15) is 0 Å². The molecule has 4 rings (SSSR count). The van der Waals surface area contributed by atoms with Crippen LogP contribution in [0.5, 0.6) is 0 Å². The smallest absolute Gasteiger partial charge is 0.278 e. The van der Waals surface area contributed by atoms with Crippen LogP contribution >= 0.6 is 0 Å². The normalized spacial score (nSPS) is 17.8. The molecule has 0 atom stereocenters. The lowest BCUT2D eigenvalue weighted by Crippen LogP contribution is -2.36. The summed E-state index contributed by atoms with van der Waals surface area (Å²) in [6.45, 7) is 3.91. The van der Waals surface area contributed by atoms with E-state index in [0.29, 0.717) is 11.3 Å². The highest BCUT2D eigenvalue weighted by atomic mass is 16.2. The molecule has 0 radical (unpaired) electrons. The van der Waals surface area contributed by atoms with Crippen molar-refractivity contribution in [3.05, 3.63) is 71.2 Å². The Balaban J connectivity index is 1.73. The number of aryl methyl sites for hydroxylation is 1. The minimum atomic E-state index is -0.215. The second kappa shape index (κ2) is 7.35. The van der Waals surface area contributed by atoms with Gasteiger partial charge in [0.1, 0.15) is 5.70 Å². The fraction of sp³-hybridized carbons (Fsp3) is 0.318. The maximum Gasteiger partial charge on any atom is 0.278 e. The van der Waals surface area contributed by atoms with Crippen molar-refractivity contribution in [1.82, 2.24) is 14.8 Å². The van der Waals surface area contributed by atoms with E-state index in [0.717, 1.165) is 42.6 Å². The average molecular weight is 361 g/mol. The standard InChI is InChI=1S/C22H23N3O2/c1-16-7-9-18(10-8-16)19-20(24-12-3-2-4-13-24)22(27)25(21(19)26)15-17-6-5-11-23-14-17/h5-11,14H,2-4,12-13,15H2,1H3. The Bertz CT molecular complexity index is 882. The third kappa shape index (κ3) is 3.37. The van der Waals surface area contributed by atoms with Crippen LogP contribution in [0, 0.1) is 6.92 Å². The van der Waals surface area contributed by atoms with E-state index in [2.05, 4.69) is 9.88 Å². The van der Waals surface area contributed by atoms with E-state index in [1.165, 1.54) is 11.3 Å². The average Bonchev–Trinajstić information content (AvgIpc) is 2.95. The molecule has 3 heterocycles. The first-order valence-electron chi connectivity index (χ1n) is 9.46. The maximum atomic E-state index is 13.3. The minimum absolute atomic E-state index is 0.193. The molecule has 2 aromatic rings. The number of carbonyl (C=O) groups excluding carboxylic acids is 2. The first-order valence-corrected chi connectivity index (χ1v) is 9.46. The molecule has 2 amide bonds. The van der Waals surface area contributed by atoms with Gasteiger partial charge in [0.15, 0.2) is 0 Å². The highest BCUT2D eigenvalue weighted by Crippen LogP contribution is 2.34. The van der Waals surface area contributed by atoms with Crippen molar-refractivity contribution in [1.29, 1.82) is 0 Å². The third-order valence-corrected chi connectivity index (χ3v) is 5.22. The Labute approximate surface area is 159 Å². The number of benzene rings is 1. The first-order chi connectivity index (χ1) is 13.1. The van der Waals surface area contributed by atoms with Crippen LogP contribution in [-0.4, -0.2) is 39.7 Å². The highest BCUT2D eigenvalue weighted by Gasteiger charge is 2.41. The Morgan fingerprint density at radius 2 is 1.70 bits per heavy atom. The summed E-state index contributed by atoms with van der Waals surface area (Å²) in [4.78, 5) is 34.1. The number of aromatic nitrogens is 1. The molecule has 1 saturated heterocycles. The summed E-state index contributed by atoms with van der Waals surface area (Å²) in [7, 11) is 0. The molecule has 0 bridgehead atoms. The number of imide groups is 1. The molecule has 0 unspecified atom stereocenters. The van der Waals surface area contributed by atoms with Crippen molar-refractivity contribution >= 4 is 17.4 Å². The van der Waals surface area contributed by atoms with E-state index in [1.807, 2.05) is 43.3 Å². The molecule has 27 heavy (non-hydrogen) atoms. The lowest BCUT2D eigenvalue weighted by molar-refractivity contribution is -0.138. The van der Waals surface area contributed by atoms with E-state index >= 15 is 0 Å². The van der Waals surface area contributed by atoms with Gasteiger partial charge in [-0.3, -0.25) is 19.5 Å². The molecular formula is C22H23N3O2. The summed E-state index contributed by atoms with van der Waals surface area (Å²) < 4.78 is 0. The number of rotatable bonds is 4. The fourth-order valence-corrected chi connectivity index (χ4v) is 3.77. The van der Waals surface area contributed by atoms with Crippen LogP contribution < -0.4 is 0 Å². The zero-order valence-electron chi connectivity index (χ0n) is 15.5. The van der Waals surface area contributed by atoms with E-state index in [9.17, 15) is 9.59 Å². The lowest BCUT2D eigenvalue weighted by Gasteiger charge is -2.29. The van der Waals surface area contributed by atoms with Gasteiger partial charge in [0.05, 0.1) is 12.1 Å². The number of hydrogen-bond donors (Lipinski definition) is 0. The predicted molar refractivity (Wildman–Crippen MR) is 103 cm³/mol. The number of hydrogen-bond acceptors (Lipinski definition) is 4. The Hall–Kier alpha value is -2.95. The Morgan fingerprint density at radius 3 is 2.37 bits per heavy atom. The zero-order chi connectivity index (χ0) is 18.8. The van der Waals surface area contributed by atoms with E-state index in [1.54, 1.807) is 12.4 Å². The van der Waals surface area contributed by atoms with Gasteiger partial charge in [-0.1, -0.05) is 35.9 Å². The van der Waals surface area contributed by atoms with Gasteiger partial charge in [0.2, 0.25) is 0 Å². The van der Waals surface area contributed by atoms with Crippen molar-refractivity contribution in [2.24, 2.45) is 0 Å². The van der Waals surface area contributed by atoms with Crippen LogP contribution in [0.15, 0.2) is 54.5 Å². The predicted octanol–water partition coefficient (Wildman–Crippen LogP) is 3.16. The topological polar surface area (TPSA) is 53.5 Å². The number of likely N-dealkylation sites (tertiary alicyclic amines) is 1. The van der Waals surface area contributed by atoms with Gasteiger partial charge >= 0.3 is 0 Å². The summed E-state index contributed by atoms with van der Waals surface area (Å²) in [6.07, 6.45) is 6.66. The molecular weight excluding hydrogens is 338 g/mol. The van der Waals surface area contributed by atoms with Gasteiger partial charge in [-0.25, -0.2) is 0 Å². The van der Waals surface area contributed by atoms with E-state index in [4.69, 9.17) is 0 Å². The molecule has 5 heteroatoms. The summed E-state index contributed by atoms with van der Waals surface area (Å²) in [5.74, 6) is -0.408. The number of nitrogens with zero attached hydrogens (tertiary/aromatic N) is 3. The van der Waals surface area contributed by atoms with Crippen LogP contribution in [0.2, 0.25) is 0 Å². The van der Waals surface area contributed by atoms with Crippen molar-refractivity contribution in [2.45, 2.75) is 32.7 Å². The van der Waals surface area contributed by atoms with E-state index in [-0.39, 0.29) is 18.4 Å². The molecule has 1 aromatic heterocycles. The molecule has 5 nitrogen and oxygen atoms in total. The molecule has 0 N–H and O–H groups in total. The minimum Gasteiger partial charge on any atom is -0.366 e. The van der Waals surface area contributed by atoms with Crippen LogP contribution in [-0.2, 0) is 16.1 Å². The molecule has 0 spiro atoms. The highest BCUT2D eigenvalue weighted by molar-refractivity contribution is 6.35. The number of carbonyl (C=O) groups is 2. The summed E-state index contributed by atoms with van der Waals surface area (Å²) >= 11 is 0.